The van der Waals surface area contributed by atoms with Crippen LogP contribution < -0.4 is 10.6 Å². The second kappa shape index (κ2) is 12.7. The van der Waals surface area contributed by atoms with Crippen LogP contribution in [0.1, 0.15) is 37.2 Å². The van der Waals surface area contributed by atoms with Gasteiger partial charge in [-0.3, -0.25) is 4.90 Å². The molecule has 2 N–H and O–H groups in total. The summed E-state index contributed by atoms with van der Waals surface area (Å²) in [5.41, 5.74) is 2.63. The van der Waals surface area contributed by atoms with Gasteiger partial charge < -0.3 is 15.2 Å². The lowest BCUT2D eigenvalue weighted by atomic mass is 10.2. The molecule has 7 heteroatoms. The number of imidazole rings is 1. The van der Waals surface area contributed by atoms with Crippen molar-refractivity contribution in [2.45, 2.75) is 52.0 Å². The number of rotatable bonds is 8. The van der Waals surface area contributed by atoms with Crippen molar-refractivity contribution in [2.75, 3.05) is 13.1 Å². The van der Waals surface area contributed by atoms with Crippen LogP contribution in [0.2, 0.25) is 0 Å². The summed E-state index contributed by atoms with van der Waals surface area (Å²) in [4.78, 5) is 11.9. The molecule has 176 valence electrons. The molecule has 1 saturated heterocycles. The number of likely N-dealkylation sites (tertiary alicyclic amines) is 1. The first kappa shape index (κ1) is 25.2. The average Bonchev–Trinajstić information content (AvgIpc) is 3.39. The fourth-order valence-electron chi connectivity index (χ4n) is 4.32. The Morgan fingerprint density at radius 1 is 1.03 bits per heavy atom. The molecule has 2 atom stereocenters. The van der Waals surface area contributed by atoms with E-state index < -0.39 is 0 Å². The lowest BCUT2D eigenvalue weighted by Gasteiger charge is -2.21. The SMILES string of the molecule is CCNC(=NCc1nccn1Cc1ccccc1)NC1CC(C)N(Cc2ccccc2)C1.I. The van der Waals surface area contributed by atoms with Crippen molar-refractivity contribution in [3.05, 3.63) is 90.0 Å². The van der Waals surface area contributed by atoms with Gasteiger partial charge in [0.15, 0.2) is 5.96 Å². The molecule has 2 heterocycles. The van der Waals surface area contributed by atoms with Crippen molar-refractivity contribution in [1.82, 2.24) is 25.1 Å². The zero-order valence-electron chi connectivity index (χ0n) is 19.5. The zero-order chi connectivity index (χ0) is 22.2. The van der Waals surface area contributed by atoms with E-state index in [9.17, 15) is 0 Å². The van der Waals surface area contributed by atoms with Gasteiger partial charge in [-0.15, -0.1) is 24.0 Å². The molecular formula is C26H35IN6. The predicted octanol–water partition coefficient (Wildman–Crippen LogP) is 4.27. The highest BCUT2D eigenvalue weighted by Gasteiger charge is 2.29. The Hall–Kier alpha value is -2.39. The fraction of sp³-hybridized carbons (Fsp3) is 0.385. The van der Waals surface area contributed by atoms with Crippen molar-refractivity contribution >= 4 is 29.9 Å². The summed E-state index contributed by atoms with van der Waals surface area (Å²) in [6.45, 7) is 8.62. The Kier molecular flexibility index (Phi) is 9.75. The minimum Gasteiger partial charge on any atom is -0.357 e. The second-order valence-electron chi connectivity index (χ2n) is 8.49. The monoisotopic (exact) mass is 558 g/mol. The molecule has 2 unspecified atom stereocenters. The van der Waals surface area contributed by atoms with Crippen LogP contribution in [0.3, 0.4) is 0 Å². The number of hydrogen-bond donors (Lipinski definition) is 2. The third kappa shape index (κ3) is 7.30. The van der Waals surface area contributed by atoms with E-state index in [1.54, 1.807) is 0 Å². The first-order chi connectivity index (χ1) is 15.7. The van der Waals surface area contributed by atoms with E-state index in [2.05, 4.69) is 93.5 Å². The largest absolute Gasteiger partial charge is 0.357 e. The molecule has 2 aromatic carbocycles. The predicted molar refractivity (Wildman–Crippen MR) is 146 cm³/mol. The van der Waals surface area contributed by atoms with Crippen LogP contribution in [0.5, 0.6) is 0 Å². The van der Waals surface area contributed by atoms with Gasteiger partial charge in [0.05, 0.1) is 0 Å². The van der Waals surface area contributed by atoms with Gasteiger partial charge in [-0.2, -0.15) is 0 Å². The quantitative estimate of drug-likeness (QED) is 0.247. The summed E-state index contributed by atoms with van der Waals surface area (Å²) in [5.74, 6) is 1.83. The average molecular weight is 559 g/mol. The van der Waals surface area contributed by atoms with Crippen LogP contribution in [-0.2, 0) is 19.6 Å². The third-order valence-corrected chi connectivity index (χ3v) is 5.99. The van der Waals surface area contributed by atoms with Crippen LogP contribution >= 0.6 is 24.0 Å². The Balaban J connectivity index is 0.00000306. The van der Waals surface area contributed by atoms with Gasteiger partial charge in [0.1, 0.15) is 12.4 Å². The lowest BCUT2D eigenvalue weighted by Crippen LogP contribution is -2.44. The first-order valence-electron chi connectivity index (χ1n) is 11.6. The molecule has 0 saturated carbocycles. The van der Waals surface area contributed by atoms with Crippen LogP contribution in [0.4, 0.5) is 0 Å². The van der Waals surface area contributed by atoms with E-state index in [1.165, 1.54) is 11.1 Å². The summed E-state index contributed by atoms with van der Waals surface area (Å²) < 4.78 is 2.17. The Bertz CT molecular complexity index is 988. The van der Waals surface area contributed by atoms with Gasteiger partial charge in [-0.25, -0.2) is 9.98 Å². The highest BCUT2D eigenvalue weighted by atomic mass is 127. The van der Waals surface area contributed by atoms with Gasteiger partial charge in [0.2, 0.25) is 0 Å². The van der Waals surface area contributed by atoms with E-state index in [4.69, 9.17) is 4.99 Å². The summed E-state index contributed by atoms with van der Waals surface area (Å²) in [7, 11) is 0. The number of guanidine groups is 1. The summed E-state index contributed by atoms with van der Waals surface area (Å²) in [6, 6.07) is 22.1. The number of halogens is 1. The smallest absolute Gasteiger partial charge is 0.191 e. The van der Waals surface area contributed by atoms with Gasteiger partial charge in [-0.05, 0) is 31.4 Å². The highest BCUT2D eigenvalue weighted by molar-refractivity contribution is 14.0. The van der Waals surface area contributed by atoms with Gasteiger partial charge in [0, 0.05) is 50.7 Å². The van der Waals surface area contributed by atoms with Crippen molar-refractivity contribution in [1.29, 1.82) is 0 Å². The maximum absolute atomic E-state index is 4.85. The Morgan fingerprint density at radius 3 is 2.36 bits per heavy atom. The summed E-state index contributed by atoms with van der Waals surface area (Å²) in [6.07, 6.45) is 4.99. The molecule has 1 aliphatic heterocycles. The van der Waals surface area contributed by atoms with Gasteiger partial charge >= 0.3 is 0 Å². The van der Waals surface area contributed by atoms with E-state index in [0.29, 0.717) is 18.6 Å². The number of benzene rings is 2. The molecular weight excluding hydrogens is 523 g/mol. The summed E-state index contributed by atoms with van der Waals surface area (Å²) >= 11 is 0. The zero-order valence-corrected chi connectivity index (χ0v) is 21.9. The number of hydrogen-bond acceptors (Lipinski definition) is 3. The number of aromatic nitrogens is 2. The van der Waals surface area contributed by atoms with Crippen LogP contribution in [0, 0.1) is 0 Å². The molecule has 1 aliphatic rings. The van der Waals surface area contributed by atoms with Crippen LogP contribution in [0.15, 0.2) is 78.0 Å². The Labute approximate surface area is 214 Å². The number of nitrogens with zero attached hydrogens (tertiary/aromatic N) is 4. The van der Waals surface area contributed by atoms with Crippen molar-refractivity contribution in [3.8, 4) is 0 Å². The third-order valence-electron chi connectivity index (χ3n) is 5.99. The number of aliphatic imine (C=N–C) groups is 1. The van der Waals surface area contributed by atoms with Gasteiger partial charge in [0.25, 0.3) is 0 Å². The normalized spacial score (nSPS) is 18.7. The fourth-order valence-corrected chi connectivity index (χ4v) is 4.32. The minimum absolute atomic E-state index is 0. The molecule has 0 amide bonds. The maximum atomic E-state index is 4.85. The maximum Gasteiger partial charge on any atom is 0.191 e. The molecule has 0 spiro atoms. The van der Waals surface area contributed by atoms with Crippen LogP contribution in [0.25, 0.3) is 0 Å². The molecule has 4 rings (SSSR count). The topological polar surface area (TPSA) is 57.5 Å². The molecule has 0 radical (unpaired) electrons. The minimum atomic E-state index is 0. The molecule has 6 nitrogen and oxygen atoms in total. The highest BCUT2D eigenvalue weighted by Crippen LogP contribution is 2.20. The molecule has 33 heavy (non-hydrogen) atoms. The molecule has 3 aromatic rings. The number of nitrogens with one attached hydrogen (secondary N) is 2. The van der Waals surface area contributed by atoms with Crippen molar-refractivity contribution in [2.24, 2.45) is 4.99 Å². The van der Waals surface area contributed by atoms with E-state index in [1.807, 2.05) is 18.5 Å². The lowest BCUT2D eigenvalue weighted by molar-refractivity contribution is 0.258. The first-order valence-corrected chi connectivity index (χ1v) is 11.6. The summed E-state index contributed by atoms with van der Waals surface area (Å²) in [5, 5.41) is 7.06. The van der Waals surface area contributed by atoms with E-state index in [0.717, 1.165) is 44.4 Å². The van der Waals surface area contributed by atoms with Gasteiger partial charge in [-0.1, -0.05) is 60.7 Å². The van der Waals surface area contributed by atoms with E-state index >= 15 is 0 Å². The molecule has 0 bridgehead atoms. The molecule has 1 aromatic heterocycles. The molecule has 0 aliphatic carbocycles. The standard InChI is InChI=1S/C26H34N6.HI/c1-3-27-26(29-17-25-28-14-15-31(25)18-22-10-6-4-7-11-22)30-24-16-21(2)32(20-24)19-23-12-8-5-9-13-23;/h4-15,21,24H,3,16-20H2,1-2H3,(H2,27,29,30);1H. The van der Waals surface area contributed by atoms with E-state index in [-0.39, 0.29) is 24.0 Å². The second-order valence-corrected chi connectivity index (χ2v) is 8.49. The van der Waals surface area contributed by atoms with Crippen molar-refractivity contribution in [3.63, 3.8) is 0 Å². The van der Waals surface area contributed by atoms with Crippen LogP contribution in [-0.4, -0.2) is 45.6 Å². The molecule has 1 fully saturated rings. The Morgan fingerprint density at radius 2 is 1.70 bits per heavy atom. The van der Waals surface area contributed by atoms with Crippen molar-refractivity contribution < 1.29 is 0 Å².